The van der Waals surface area contributed by atoms with E-state index in [1.165, 1.54) is 32.4 Å². The van der Waals surface area contributed by atoms with Gasteiger partial charge in [0.2, 0.25) is 11.8 Å². The second-order valence-corrected chi connectivity index (χ2v) is 15.8. The van der Waals surface area contributed by atoms with Crippen LogP contribution in [0.2, 0.25) is 0 Å². The first-order chi connectivity index (χ1) is 24.2. The van der Waals surface area contributed by atoms with Crippen molar-refractivity contribution in [3.63, 3.8) is 0 Å². The first-order valence-electron chi connectivity index (χ1n) is 18.1. The Kier molecular flexibility index (Phi) is 12.5. The van der Waals surface area contributed by atoms with Crippen LogP contribution in [-0.2, 0) is 16.0 Å². The van der Waals surface area contributed by atoms with E-state index in [-0.39, 0.29) is 42.5 Å². The first kappa shape index (κ1) is 36.8. The highest BCUT2D eigenvalue weighted by Gasteiger charge is 2.35. The third kappa shape index (κ3) is 9.07. The molecular weight excluding hydrogens is 766 g/mol. The number of anilines is 2. The van der Waals surface area contributed by atoms with Crippen LogP contribution in [0.15, 0.2) is 45.3 Å². The molecule has 4 aliphatic rings. The van der Waals surface area contributed by atoms with Crippen molar-refractivity contribution in [3.8, 4) is 0 Å². The Balaban J connectivity index is 1.06. The molecule has 0 saturated carbocycles. The van der Waals surface area contributed by atoms with Gasteiger partial charge in [-0.3, -0.25) is 14.4 Å². The quantitative estimate of drug-likeness (QED) is 0.220. The average molecular weight is 816 g/mol. The fourth-order valence-corrected chi connectivity index (χ4v) is 9.11. The summed E-state index contributed by atoms with van der Waals surface area (Å²) in [6.45, 7) is 6.43. The van der Waals surface area contributed by atoms with Gasteiger partial charge in [0.25, 0.3) is 0 Å². The normalized spacial score (nSPS) is 20.5. The van der Waals surface area contributed by atoms with Crippen LogP contribution in [0, 0.1) is 0 Å². The van der Waals surface area contributed by atoms with E-state index in [9.17, 15) is 19.2 Å². The van der Waals surface area contributed by atoms with Crippen molar-refractivity contribution in [2.24, 2.45) is 0 Å². The lowest BCUT2D eigenvalue weighted by Gasteiger charge is -2.40. The molecule has 2 aromatic rings. The number of carbonyl (C=O) groups is 4. The molecule has 13 heteroatoms. The zero-order valence-corrected chi connectivity index (χ0v) is 31.9. The number of fused-ring (bicyclic) bond motifs is 1. The number of piperidine rings is 3. The van der Waals surface area contributed by atoms with Gasteiger partial charge in [-0.1, -0.05) is 24.6 Å². The molecule has 3 saturated heterocycles. The van der Waals surface area contributed by atoms with E-state index in [4.69, 9.17) is 5.73 Å². The van der Waals surface area contributed by atoms with Gasteiger partial charge in [-0.05, 0) is 127 Å². The van der Waals surface area contributed by atoms with E-state index in [1.807, 2.05) is 29.2 Å². The summed E-state index contributed by atoms with van der Waals surface area (Å²) in [5, 5.41) is 5.99. The van der Waals surface area contributed by atoms with E-state index < -0.39 is 6.04 Å². The number of nitrogen functional groups attached to an aromatic ring is 1. The van der Waals surface area contributed by atoms with Crippen molar-refractivity contribution < 1.29 is 19.2 Å². The number of nitrogens with one attached hydrogen (secondary N) is 2. The Bertz CT molecular complexity index is 1530. The number of rotatable bonds is 10. The Morgan fingerprint density at radius 3 is 2.24 bits per heavy atom. The van der Waals surface area contributed by atoms with Gasteiger partial charge in [-0.2, -0.15) is 0 Å². The van der Waals surface area contributed by atoms with Crippen LogP contribution in [0.5, 0.6) is 0 Å². The Morgan fingerprint density at radius 1 is 0.880 bits per heavy atom. The van der Waals surface area contributed by atoms with Gasteiger partial charge in [0.1, 0.15) is 6.04 Å². The van der Waals surface area contributed by atoms with E-state index >= 15 is 0 Å². The largest absolute Gasteiger partial charge is 0.397 e. The number of para-hydroxylation sites is 1. The zero-order chi connectivity index (χ0) is 35.2. The minimum Gasteiger partial charge on any atom is -0.397 e. The number of urea groups is 1. The molecule has 0 radical (unpaired) electrons. The molecule has 4 N–H and O–H groups in total. The van der Waals surface area contributed by atoms with Crippen molar-refractivity contribution >= 4 is 66.9 Å². The molecule has 1 atom stereocenters. The highest BCUT2D eigenvalue weighted by molar-refractivity contribution is 9.11. The number of hydrogen-bond acceptors (Lipinski definition) is 7. The zero-order valence-electron chi connectivity index (χ0n) is 28.7. The van der Waals surface area contributed by atoms with Gasteiger partial charge >= 0.3 is 6.03 Å². The van der Waals surface area contributed by atoms with Gasteiger partial charge in [-0.15, -0.1) is 0 Å². The molecule has 50 heavy (non-hydrogen) atoms. The van der Waals surface area contributed by atoms with Crippen LogP contribution in [0.4, 0.5) is 16.2 Å². The number of halogens is 2. The standard InChI is InChI=1S/C37H49Br2N7O4/c38-29-22-26(23-30(39)35(29)40)33(47)24-32(41-34(48)13-18-43-16-9-27(10-17-43)44-14-4-1-5-15-44)36(49)45-19-11-28(12-20-45)46-21-8-25-6-2-3-7-31(25)42-37(46)50/h2-3,6-7,22-23,27-28,32H,1,4-5,8-21,24,40H2,(H,41,48)(H,42,50)/t32-/m1/s1. The van der Waals surface area contributed by atoms with Crippen molar-refractivity contribution in [2.45, 2.75) is 82.3 Å². The van der Waals surface area contributed by atoms with Crippen LogP contribution >= 0.6 is 31.9 Å². The molecular formula is C37H49Br2N7O4. The fourth-order valence-electron chi connectivity index (χ4n) is 7.92. The number of nitrogens with two attached hydrogens (primary N) is 1. The van der Waals surface area contributed by atoms with Crippen molar-refractivity contribution in [1.29, 1.82) is 0 Å². The van der Waals surface area contributed by atoms with Crippen LogP contribution in [-0.4, -0.2) is 114 Å². The number of nitrogens with zero attached hydrogens (tertiary/aromatic N) is 4. The molecule has 2 aromatic carbocycles. The number of ketones is 1. The van der Waals surface area contributed by atoms with Crippen LogP contribution in [0.3, 0.4) is 0 Å². The van der Waals surface area contributed by atoms with E-state index in [0.717, 1.165) is 43.6 Å². The summed E-state index contributed by atoms with van der Waals surface area (Å²) in [5.74, 6) is -0.765. The number of amides is 4. The average Bonchev–Trinajstić information content (AvgIpc) is 3.30. The first-order valence-corrected chi connectivity index (χ1v) is 19.7. The number of likely N-dealkylation sites (tertiary alicyclic amines) is 3. The molecule has 4 amide bonds. The maximum absolute atomic E-state index is 14.0. The lowest BCUT2D eigenvalue weighted by atomic mass is 9.99. The molecule has 0 aliphatic carbocycles. The second kappa shape index (κ2) is 17.0. The van der Waals surface area contributed by atoms with Gasteiger partial charge in [0.15, 0.2) is 5.78 Å². The van der Waals surface area contributed by atoms with Crippen molar-refractivity contribution in [2.75, 3.05) is 63.4 Å². The highest BCUT2D eigenvalue weighted by atomic mass is 79.9. The molecule has 4 aliphatic heterocycles. The fraction of sp³-hybridized carbons (Fsp3) is 0.568. The lowest BCUT2D eigenvalue weighted by Crippen LogP contribution is -2.55. The van der Waals surface area contributed by atoms with Crippen LogP contribution < -0.4 is 16.4 Å². The van der Waals surface area contributed by atoms with E-state index in [1.54, 1.807) is 17.0 Å². The lowest BCUT2D eigenvalue weighted by molar-refractivity contribution is -0.137. The number of hydrogen-bond donors (Lipinski definition) is 3. The van der Waals surface area contributed by atoms with Gasteiger partial charge in [0.05, 0.1) is 5.69 Å². The third-order valence-electron chi connectivity index (χ3n) is 10.9. The SMILES string of the molecule is Nc1c(Br)cc(C(=O)C[C@@H](NC(=O)CCN2CCC(N3CCCCC3)CC2)C(=O)N2CCC(N3CCc4ccccc4NC3=O)CC2)cc1Br. The summed E-state index contributed by atoms with van der Waals surface area (Å²) in [6.07, 6.45) is 8.25. The van der Waals surface area contributed by atoms with Gasteiger partial charge in [0, 0.05) is 71.3 Å². The minimum atomic E-state index is -0.998. The molecule has 6 rings (SSSR count). The summed E-state index contributed by atoms with van der Waals surface area (Å²) in [6, 6.07) is 10.7. The Labute approximate surface area is 311 Å². The Morgan fingerprint density at radius 2 is 1.54 bits per heavy atom. The van der Waals surface area contributed by atoms with Crippen LogP contribution in [0.25, 0.3) is 0 Å². The van der Waals surface area contributed by atoms with Crippen LogP contribution in [0.1, 0.15) is 73.7 Å². The number of Topliss-reactive ketones (excluding diaryl/α,β-unsaturated/α-hetero) is 1. The van der Waals surface area contributed by atoms with Gasteiger partial charge < -0.3 is 36.0 Å². The smallest absolute Gasteiger partial charge is 0.322 e. The summed E-state index contributed by atoms with van der Waals surface area (Å²) in [7, 11) is 0. The van der Waals surface area contributed by atoms with Crippen molar-refractivity contribution in [3.05, 3.63) is 56.5 Å². The molecule has 3 fully saturated rings. The second-order valence-electron chi connectivity index (χ2n) is 14.1. The summed E-state index contributed by atoms with van der Waals surface area (Å²) in [4.78, 5) is 62.7. The van der Waals surface area contributed by atoms with Crippen molar-refractivity contribution in [1.82, 2.24) is 24.9 Å². The third-order valence-corrected chi connectivity index (χ3v) is 12.2. The predicted molar refractivity (Wildman–Crippen MR) is 202 cm³/mol. The summed E-state index contributed by atoms with van der Waals surface area (Å²) < 4.78 is 1.16. The molecule has 11 nitrogen and oxygen atoms in total. The molecule has 0 bridgehead atoms. The number of benzene rings is 2. The topological polar surface area (TPSA) is 131 Å². The predicted octanol–water partition coefficient (Wildman–Crippen LogP) is 5.27. The van der Waals surface area contributed by atoms with E-state index in [0.29, 0.717) is 65.3 Å². The molecule has 4 heterocycles. The minimum absolute atomic E-state index is 0.00781. The molecule has 270 valence electrons. The van der Waals surface area contributed by atoms with E-state index in [2.05, 4.69) is 52.3 Å². The summed E-state index contributed by atoms with van der Waals surface area (Å²) in [5.41, 5.74) is 8.88. The maximum atomic E-state index is 14.0. The molecule has 0 aromatic heterocycles. The summed E-state index contributed by atoms with van der Waals surface area (Å²) >= 11 is 6.82. The molecule has 0 unspecified atom stereocenters. The monoisotopic (exact) mass is 813 g/mol. The number of carbonyl (C=O) groups excluding carboxylic acids is 4. The maximum Gasteiger partial charge on any atom is 0.322 e. The highest BCUT2D eigenvalue weighted by Crippen LogP contribution is 2.31. The molecule has 0 spiro atoms. The van der Waals surface area contributed by atoms with Gasteiger partial charge in [-0.25, -0.2) is 4.79 Å². The Hall–Kier alpha value is -3.00.